The molecule has 1 N–H and O–H groups in total. The van der Waals surface area contributed by atoms with Gasteiger partial charge in [-0.1, -0.05) is 29.5 Å². The predicted molar refractivity (Wildman–Crippen MR) is 87.9 cm³/mol. The molecule has 118 valence electrons. The fourth-order valence-corrected chi connectivity index (χ4v) is 3.41. The van der Waals surface area contributed by atoms with E-state index in [9.17, 15) is 4.79 Å². The third kappa shape index (κ3) is 2.84. The number of amides is 1. The van der Waals surface area contributed by atoms with Crippen molar-refractivity contribution in [3.05, 3.63) is 46.2 Å². The van der Waals surface area contributed by atoms with Gasteiger partial charge in [0.25, 0.3) is 5.91 Å². The van der Waals surface area contributed by atoms with Gasteiger partial charge in [0.1, 0.15) is 5.01 Å². The second-order valence-corrected chi connectivity index (χ2v) is 6.88. The topological polar surface area (TPSA) is 72.2 Å². The molecule has 0 atom stereocenters. The predicted octanol–water partition coefficient (Wildman–Crippen LogP) is 2.34. The Kier molecular flexibility index (Phi) is 3.57. The molecule has 0 radical (unpaired) electrons. The quantitative estimate of drug-likeness (QED) is 0.781. The Morgan fingerprint density at radius 1 is 1.35 bits per heavy atom. The largest absolute Gasteiger partial charge is 0.352 e. The molecule has 0 aliphatic heterocycles. The third-order valence-electron chi connectivity index (χ3n) is 4.01. The van der Waals surface area contributed by atoms with Crippen LogP contribution in [0.3, 0.4) is 0 Å². The molecule has 6 nitrogen and oxygen atoms in total. The van der Waals surface area contributed by atoms with Gasteiger partial charge in [0, 0.05) is 24.4 Å². The lowest BCUT2D eigenvalue weighted by atomic mass is 10.1. The SMILES string of the molecule is Cc1ccccc1C(=O)NCCc1nn2c(C3CC3)nnc2s1. The van der Waals surface area contributed by atoms with Crippen LogP contribution in [0.2, 0.25) is 0 Å². The van der Waals surface area contributed by atoms with Crippen molar-refractivity contribution in [3.8, 4) is 0 Å². The molecule has 23 heavy (non-hydrogen) atoms. The van der Waals surface area contributed by atoms with Crippen molar-refractivity contribution >= 4 is 22.2 Å². The van der Waals surface area contributed by atoms with E-state index in [2.05, 4.69) is 20.6 Å². The first kappa shape index (κ1) is 14.3. The number of benzene rings is 1. The zero-order valence-corrected chi connectivity index (χ0v) is 13.6. The fraction of sp³-hybridized carbons (Fsp3) is 0.375. The van der Waals surface area contributed by atoms with E-state index in [1.54, 1.807) is 11.3 Å². The van der Waals surface area contributed by atoms with Crippen molar-refractivity contribution in [2.24, 2.45) is 0 Å². The fourth-order valence-electron chi connectivity index (χ4n) is 2.57. The Bertz CT molecular complexity index is 864. The number of hydrogen-bond acceptors (Lipinski definition) is 5. The van der Waals surface area contributed by atoms with E-state index < -0.39 is 0 Å². The number of hydrogen-bond donors (Lipinski definition) is 1. The maximum Gasteiger partial charge on any atom is 0.251 e. The number of carbonyl (C=O) groups is 1. The molecule has 7 heteroatoms. The molecule has 1 fully saturated rings. The number of carbonyl (C=O) groups excluding carboxylic acids is 1. The van der Waals surface area contributed by atoms with Gasteiger partial charge in [-0.05, 0) is 31.4 Å². The Balaban J connectivity index is 1.39. The van der Waals surface area contributed by atoms with Crippen molar-refractivity contribution in [1.82, 2.24) is 25.1 Å². The van der Waals surface area contributed by atoms with E-state index in [0.717, 1.165) is 26.9 Å². The van der Waals surface area contributed by atoms with Crippen LogP contribution in [0.4, 0.5) is 0 Å². The van der Waals surface area contributed by atoms with Crippen LogP contribution in [-0.2, 0) is 6.42 Å². The van der Waals surface area contributed by atoms with Gasteiger partial charge in [-0.25, -0.2) is 0 Å². The van der Waals surface area contributed by atoms with Crippen LogP contribution in [0.1, 0.15) is 45.5 Å². The smallest absolute Gasteiger partial charge is 0.251 e. The Hall–Kier alpha value is -2.28. The summed E-state index contributed by atoms with van der Waals surface area (Å²) in [6.45, 7) is 2.51. The summed E-state index contributed by atoms with van der Waals surface area (Å²) in [5.74, 6) is 1.47. The van der Waals surface area contributed by atoms with Gasteiger partial charge in [-0.15, -0.1) is 10.2 Å². The van der Waals surface area contributed by atoms with E-state index in [1.807, 2.05) is 35.7 Å². The van der Waals surface area contributed by atoms with Gasteiger partial charge in [-0.2, -0.15) is 9.61 Å². The molecular weight excluding hydrogens is 310 g/mol. The summed E-state index contributed by atoms with van der Waals surface area (Å²) in [5, 5.41) is 16.9. The molecule has 0 spiro atoms. The zero-order valence-electron chi connectivity index (χ0n) is 12.8. The molecule has 1 aliphatic rings. The van der Waals surface area contributed by atoms with Crippen LogP contribution in [0, 0.1) is 6.92 Å². The second-order valence-electron chi connectivity index (χ2n) is 5.84. The average molecular weight is 327 g/mol. The minimum Gasteiger partial charge on any atom is -0.352 e. The number of aromatic nitrogens is 4. The van der Waals surface area contributed by atoms with Crippen LogP contribution in [0.5, 0.6) is 0 Å². The third-order valence-corrected chi connectivity index (χ3v) is 4.97. The number of rotatable bonds is 5. The molecule has 2 heterocycles. The minimum atomic E-state index is -0.0373. The van der Waals surface area contributed by atoms with Gasteiger partial charge >= 0.3 is 0 Å². The Labute approximate surface area is 137 Å². The normalized spacial score (nSPS) is 14.3. The van der Waals surface area contributed by atoms with E-state index in [4.69, 9.17) is 0 Å². The molecular formula is C16H17N5OS. The molecule has 3 aromatic rings. The summed E-state index contributed by atoms with van der Waals surface area (Å²) in [7, 11) is 0. The summed E-state index contributed by atoms with van der Waals surface area (Å²) >= 11 is 1.54. The van der Waals surface area contributed by atoms with Crippen LogP contribution >= 0.6 is 11.3 Å². The van der Waals surface area contributed by atoms with Crippen molar-refractivity contribution in [1.29, 1.82) is 0 Å². The summed E-state index contributed by atoms with van der Waals surface area (Å²) < 4.78 is 1.86. The van der Waals surface area contributed by atoms with Crippen LogP contribution < -0.4 is 5.32 Å². The van der Waals surface area contributed by atoms with Crippen LogP contribution in [0.25, 0.3) is 4.96 Å². The number of aryl methyl sites for hydroxylation is 1. The molecule has 1 aromatic carbocycles. The Morgan fingerprint density at radius 2 is 2.17 bits per heavy atom. The maximum absolute atomic E-state index is 12.2. The highest BCUT2D eigenvalue weighted by Crippen LogP contribution is 2.39. The van der Waals surface area contributed by atoms with Gasteiger partial charge in [-0.3, -0.25) is 4.79 Å². The molecule has 0 saturated heterocycles. The maximum atomic E-state index is 12.2. The number of fused-ring (bicyclic) bond motifs is 1. The molecule has 0 bridgehead atoms. The van der Waals surface area contributed by atoms with Gasteiger partial charge < -0.3 is 5.32 Å². The Morgan fingerprint density at radius 3 is 2.96 bits per heavy atom. The highest BCUT2D eigenvalue weighted by molar-refractivity contribution is 7.16. The summed E-state index contributed by atoms with van der Waals surface area (Å²) in [6.07, 6.45) is 3.07. The van der Waals surface area contributed by atoms with E-state index in [0.29, 0.717) is 18.9 Å². The lowest BCUT2D eigenvalue weighted by molar-refractivity contribution is 0.0953. The highest BCUT2D eigenvalue weighted by atomic mass is 32.1. The molecule has 4 rings (SSSR count). The number of nitrogens with zero attached hydrogens (tertiary/aromatic N) is 4. The van der Waals surface area contributed by atoms with E-state index in [-0.39, 0.29) is 5.91 Å². The van der Waals surface area contributed by atoms with E-state index >= 15 is 0 Å². The minimum absolute atomic E-state index is 0.0373. The zero-order chi connectivity index (χ0) is 15.8. The average Bonchev–Trinajstić information content (AvgIpc) is 3.18. The van der Waals surface area contributed by atoms with Crippen molar-refractivity contribution in [2.75, 3.05) is 6.54 Å². The standard InChI is InChI=1S/C16H17N5OS/c1-10-4-2-3-5-12(10)15(22)17-9-8-13-20-21-14(11-6-7-11)18-19-16(21)23-13/h2-5,11H,6-9H2,1H3,(H,17,22). The first-order chi connectivity index (χ1) is 11.2. The summed E-state index contributed by atoms with van der Waals surface area (Å²) in [5.41, 5.74) is 1.71. The van der Waals surface area contributed by atoms with Crippen molar-refractivity contribution < 1.29 is 4.79 Å². The van der Waals surface area contributed by atoms with Crippen LogP contribution in [0.15, 0.2) is 24.3 Å². The first-order valence-electron chi connectivity index (χ1n) is 7.77. The van der Waals surface area contributed by atoms with Gasteiger partial charge in [0.05, 0.1) is 0 Å². The van der Waals surface area contributed by atoms with Crippen molar-refractivity contribution in [3.63, 3.8) is 0 Å². The van der Waals surface area contributed by atoms with Gasteiger partial charge in [0.2, 0.25) is 4.96 Å². The second kappa shape index (κ2) is 5.73. The molecule has 1 aliphatic carbocycles. The molecule has 0 unspecified atom stereocenters. The van der Waals surface area contributed by atoms with E-state index in [1.165, 1.54) is 12.8 Å². The van der Waals surface area contributed by atoms with Crippen LogP contribution in [-0.4, -0.2) is 32.3 Å². The summed E-state index contributed by atoms with van der Waals surface area (Å²) in [4.78, 5) is 13.0. The first-order valence-corrected chi connectivity index (χ1v) is 8.59. The molecule has 1 saturated carbocycles. The molecule has 2 aromatic heterocycles. The lowest BCUT2D eigenvalue weighted by Gasteiger charge is -2.06. The highest BCUT2D eigenvalue weighted by Gasteiger charge is 2.29. The number of nitrogens with one attached hydrogen (secondary N) is 1. The van der Waals surface area contributed by atoms with Gasteiger partial charge in [0.15, 0.2) is 5.82 Å². The summed E-state index contributed by atoms with van der Waals surface area (Å²) in [6, 6.07) is 7.60. The molecule has 1 amide bonds. The monoisotopic (exact) mass is 327 g/mol. The lowest BCUT2D eigenvalue weighted by Crippen LogP contribution is -2.26. The van der Waals surface area contributed by atoms with Crippen molar-refractivity contribution in [2.45, 2.75) is 32.1 Å².